The first kappa shape index (κ1) is 12.5. The molecule has 0 bridgehead atoms. The van der Waals surface area contributed by atoms with E-state index in [9.17, 15) is 0 Å². The number of benzene rings is 2. The minimum Gasteiger partial charge on any atom is -0.423 e. The molecule has 0 aliphatic heterocycles. The number of rotatable bonds is 2. The Bertz CT molecular complexity index is 527. The second-order valence-electron chi connectivity index (χ2n) is 3.62. The highest BCUT2D eigenvalue weighted by molar-refractivity contribution is 6.58. The molecule has 0 aromatic heterocycles. The quantitative estimate of drug-likeness (QED) is 0.820. The summed E-state index contributed by atoms with van der Waals surface area (Å²) in [6.07, 6.45) is 0. The molecule has 0 saturated carbocycles. The summed E-state index contributed by atoms with van der Waals surface area (Å²) in [5.74, 6) is 0. The summed E-state index contributed by atoms with van der Waals surface area (Å²) in [6.45, 7) is 0. The Hall–Kier alpha value is -0.995. The van der Waals surface area contributed by atoms with Crippen LogP contribution in [-0.2, 0) is 0 Å². The molecule has 5 heteroatoms. The molecular formula is C12H9BCl2O2. The summed E-state index contributed by atoms with van der Waals surface area (Å²) in [4.78, 5) is 0. The van der Waals surface area contributed by atoms with Gasteiger partial charge in [0, 0.05) is 15.6 Å². The Morgan fingerprint density at radius 2 is 1.53 bits per heavy atom. The van der Waals surface area contributed by atoms with Gasteiger partial charge in [-0.05, 0) is 23.2 Å². The van der Waals surface area contributed by atoms with Crippen molar-refractivity contribution in [3.8, 4) is 11.1 Å². The van der Waals surface area contributed by atoms with Crippen molar-refractivity contribution in [3.05, 3.63) is 52.5 Å². The Morgan fingerprint density at radius 3 is 2.06 bits per heavy atom. The Balaban J connectivity index is 2.40. The monoisotopic (exact) mass is 266 g/mol. The molecule has 86 valence electrons. The van der Waals surface area contributed by atoms with Gasteiger partial charge in [-0.3, -0.25) is 0 Å². The van der Waals surface area contributed by atoms with Crippen molar-refractivity contribution in [2.24, 2.45) is 0 Å². The standard InChI is InChI=1S/C12H9BCl2O2/c14-10-5-6-11(12(15)7-10)8-1-3-9(4-2-8)13(16)17/h1-7,16-17H. The molecule has 17 heavy (non-hydrogen) atoms. The van der Waals surface area contributed by atoms with Crippen LogP contribution in [0.25, 0.3) is 11.1 Å². The molecule has 2 rings (SSSR count). The predicted molar refractivity (Wildman–Crippen MR) is 71.7 cm³/mol. The summed E-state index contributed by atoms with van der Waals surface area (Å²) in [6, 6.07) is 12.1. The summed E-state index contributed by atoms with van der Waals surface area (Å²) in [7, 11) is -1.45. The van der Waals surface area contributed by atoms with Gasteiger partial charge in [0.1, 0.15) is 0 Å². The Morgan fingerprint density at radius 1 is 0.882 bits per heavy atom. The minimum absolute atomic E-state index is 0.443. The average molecular weight is 267 g/mol. The first-order chi connectivity index (χ1) is 8.08. The second kappa shape index (κ2) is 5.11. The lowest BCUT2D eigenvalue weighted by molar-refractivity contribution is 0.426. The van der Waals surface area contributed by atoms with Crippen LogP contribution in [0.4, 0.5) is 0 Å². The SMILES string of the molecule is OB(O)c1ccc(-c2ccc(Cl)cc2Cl)cc1. The van der Waals surface area contributed by atoms with Crippen molar-refractivity contribution in [3.63, 3.8) is 0 Å². The van der Waals surface area contributed by atoms with E-state index >= 15 is 0 Å². The molecule has 0 heterocycles. The molecule has 0 amide bonds. The van der Waals surface area contributed by atoms with E-state index < -0.39 is 7.12 Å². The number of hydrogen-bond donors (Lipinski definition) is 2. The summed E-state index contributed by atoms with van der Waals surface area (Å²) in [5.41, 5.74) is 2.20. The van der Waals surface area contributed by atoms with Crippen molar-refractivity contribution in [1.29, 1.82) is 0 Å². The van der Waals surface area contributed by atoms with Gasteiger partial charge in [0.05, 0.1) is 0 Å². The van der Waals surface area contributed by atoms with Gasteiger partial charge in [0.25, 0.3) is 0 Å². The van der Waals surface area contributed by atoms with Gasteiger partial charge < -0.3 is 10.0 Å². The van der Waals surface area contributed by atoms with E-state index in [1.807, 2.05) is 6.07 Å². The largest absolute Gasteiger partial charge is 0.488 e. The normalized spacial score (nSPS) is 10.4. The highest BCUT2D eigenvalue weighted by atomic mass is 35.5. The third-order valence-corrected chi connectivity index (χ3v) is 3.00. The van der Waals surface area contributed by atoms with Crippen molar-refractivity contribution in [2.45, 2.75) is 0 Å². The van der Waals surface area contributed by atoms with Gasteiger partial charge in [0.15, 0.2) is 0 Å². The highest BCUT2D eigenvalue weighted by Crippen LogP contribution is 2.29. The van der Waals surface area contributed by atoms with E-state index in [-0.39, 0.29) is 0 Å². The van der Waals surface area contributed by atoms with Crippen molar-refractivity contribution in [2.75, 3.05) is 0 Å². The van der Waals surface area contributed by atoms with Gasteiger partial charge in [-0.2, -0.15) is 0 Å². The molecule has 0 unspecified atom stereocenters. The molecule has 0 aliphatic rings. The van der Waals surface area contributed by atoms with E-state index in [0.717, 1.165) is 11.1 Å². The van der Waals surface area contributed by atoms with Crippen LogP contribution in [0.15, 0.2) is 42.5 Å². The van der Waals surface area contributed by atoms with Crippen LogP contribution in [0.5, 0.6) is 0 Å². The molecule has 2 nitrogen and oxygen atoms in total. The molecule has 0 fully saturated rings. The lowest BCUT2D eigenvalue weighted by Crippen LogP contribution is -2.29. The van der Waals surface area contributed by atoms with Crippen molar-refractivity contribution < 1.29 is 10.0 Å². The van der Waals surface area contributed by atoms with Crippen LogP contribution < -0.4 is 5.46 Å². The molecular weight excluding hydrogens is 258 g/mol. The first-order valence-electron chi connectivity index (χ1n) is 4.99. The van der Waals surface area contributed by atoms with E-state index in [2.05, 4.69) is 0 Å². The lowest BCUT2D eigenvalue weighted by atomic mass is 9.80. The summed E-state index contributed by atoms with van der Waals surface area (Å²) in [5, 5.41) is 19.1. The molecule has 2 aromatic rings. The second-order valence-corrected chi connectivity index (χ2v) is 4.46. The topological polar surface area (TPSA) is 40.5 Å². The average Bonchev–Trinajstić information content (AvgIpc) is 2.29. The predicted octanol–water partition coefficient (Wildman–Crippen LogP) is 2.34. The zero-order valence-corrected chi connectivity index (χ0v) is 10.3. The fourth-order valence-electron chi connectivity index (χ4n) is 1.56. The zero-order chi connectivity index (χ0) is 12.4. The Kier molecular flexibility index (Phi) is 3.74. The summed E-state index contributed by atoms with van der Waals surface area (Å²) >= 11 is 11.9. The first-order valence-corrected chi connectivity index (χ1v) is 5.75. The van der Waals surface area contributed by atoms with Gasteiger partial charge in [-0.25, -0.2) is 0 Å². The number of hydrogen-bond acceptors (Lipinski definition) is 2. The Labute approximate surface area is 110 Å². The summed E-state index contributed by atoms with van der Waals surface area (Å²) < 4.78 is 0. The lowest BCUT2D eigenvalue weighted by Gasteiger charge is -2.06. The van der Waals surface area contributed by atoms with Crippen molar-refractivity contribution in [1.82, 2.24) is 0 Å². The smallest absolute Gasteiger partial charge is 0.423 e. The van der Waals surface area contributed by atoms with Gasteiger partial charge >= 0.3 is 7.12 Å². The van der Waals surface area contributed by atoms with Crippen LogP contribution in [0.3, 0.4) is 0 Å². The molecule has 2 aromatic carbocycles. The van der Waals surface area contributed by atoms with E-state index in [1.54, 1.807) is 36.4 Å². The highest BCUT2D eigenvalue weighted by Gasteiger charge is 2.11. The molecule has 0 spiro atoms. The van der Waals surface area contributed by atoms with E-state index in [4.69, 9.17) is 33.2 Å². The van der Waals surface area contributed by atoms with Gasteiger partial charge in [-0.15, -0.1) is 0 Å². The molecule has 2 N–H and O–H groups in total. The minimum atomic E-state index is -1.45. The zero-order valence-electron chi connectivity index (χ0n) is 8.77. The number of halogens is 2. The molecule has 0 saturated heterocycles. The maximum Gasteiger partial charge on any atom is 0.488 e. The van der Waals surface area contributed by atoms with Gasteiger partial charge in [0.2, 0.25) is 0 Å². The molecule has 0 atom stereocenters. The van der Waals surface area contributed by atoms with Crippen LogP contribution in [0.2, 0.25) is 10.0 Å². The maximum atomic E-state index is 8.99. The van der Waals surface area contributed by atoms with Crippen LogP contribution in [-0.4, -0.2) is 17.2 Å². The van der Waals surface area contributed by atoms with Crippen LogP contribution in [0, 0.1) is 0 Å². The third kappa shape index (κ3) is 2.82. The third-order valence-electron chi connectivity index (χ3n) is 2.45. The maximum absolute atomic E-state index is 8.99. The van der Waals surface area contributed by atoms with Crippen LogP contribution >= 0.6 is 23.2 Å². The van der Waals surface area contributed by atoms with E-state index in [0.29, 0.717) is 15.5 Å². The van der Waals surface area contributed by atoms with Crippen molar-refractivity contribution >= 4 is 35.8 Å². The van der Waals surface area contributed by atoms with Gasteiger partial charge in [-0.1, -0.05) is 53.5 Å². The van der Waals surface area contributed by atoms with Crippen LogP contribution in [0.1, 0.15) is 0 Å². The van der Waals surface area contributed by atoms with E-state index in [1.165, 1.54) is 0 Å². The fourth-order valence-corrected chi connectivity index (χ4v) is 2.08. The molecule has 0 radical (unpaired) electrons. The fraction of sp³-hybridized carbons (Fsp3) is 0. The molecule has 0 aliphatic carbocycles.